The summed E-state index contributed by atoms with van der Waals surface area (Å²) in [7, 11) is 0. The van der Waals surface area contributed by atoms with Crippen molar-refractivity contribution in [2.75, 3.05) is 13.1 Å². The molecule has 0 N–H and O–H groups in total. The van der Waals surface area contributed by atoms with Gasteiger partial charge < -0.3 is 0 Å². The molecule has 0 bridgehead atoms. The average Bonchev–Trinajstić information content (AvgIpc) is 2.32. The van der Waals surface area contributed by atoms with Crippen molar-refractivity contribution in [1.29, 1.82) is 0 Å². The summed E-state index contributed by atoms with van der Waals surface area (Å²) in [6, 6.07) is 2.35. The fourth-order valence-corrected chi connectivity index (χ4v) is 2.60. The Morgan fingerprint density at radius 2 is 1.82 bits per heavy atom. The van der Waals surface area contributed by atoms with Crippen LogP contribution in [0.3, 0.4) is 0 Å². The minimum absolute atomic E-state index is 0.260. The van der Waals surface area contributed by atoms with Crippen molar-refractivity contribution in [2.45, 2.75) is 26.3 Å². The van der Waals surface area contributed by atoms with Gasteiger partial charge in [0.05, 0.1) is 4.47 Å². The van der Waals surface area contributed by atoms with Gasteiger partial charge in [0, 0.05) is 12.1 Å². The molecule has 0 saturated carbocycles. The smallest absolute Gasteiger partial charge is 0.137 e. The van der Waals surface area contributed by atoms with Crippen LogP contribution in [0, 0.1) is 17.6 Å². The Kier molecular flexibility index (Phi) is 4.15. The second kappa shape index (κ2) is 5.44. The van der Waals surface area contributed by atoms with E-state index in [0.717, 1.165) is 37.9 Å². The van der Waals surface area contributed by atoms with E-state index in [9.17, 15) is 8.78 Å². The van der Waals surface area contributed by atoms with E-state index in [2.05, 4.69) is 27.8 Å². The minimum Gasteiger partial charge on any atom is -0.299 e. The first-order chi connectivity index (χ1) is 8.08. The molecule has 1 aromatic carbocycles. The number of hydrogen-bond acceptors (Lipinski definition) is 1. The zero-order valence-electron chi connectivity index (χ0n) is 9.85. The molecule has 1 fully saturated rings. The SMILES string of the molecule is CC1CCN(Cc2c(F)ccc(F)c2Br)CC1. The van der Waals surface area contributed by atoms with Gasteiger partial charge in [-0.1, -0.05) is 6.92 Å². The van der Waals surface area contributed by atoms with Gasteiger partial charge in [0.2, 0.25) is 0 Å². The second-order valence-corrected chi connectivity index (χ2v) is 5.57. The molecular weight excluding hydrogens is 288 g/mol. The Morgan fingerprint density at radius 3 is 2.47 bits per heavy atom. The fourth-order valence-electron chi connectivity index (χ4n) is 2.16. The van der Waals surface area contributed by atoms with Crippen molar-refractivity contribution in [2.24, 2.45) is 5.92 Å². The summed E-state index contributed by atoms with van der Waals surface area (Å²) in [5, 5.41) is 0. The Bertz CT molecular complexity index is 401. The van der Waals surface area contributed by atoms with Crippen molar-refractivity contribution in [3.8, 4) is 0 Å². The number of piperidine rings is 1. The summed E-state index contributed by atoms with van der Waals surface area (Å²) in [6.07, 6.45) is 2.27. The lowest BCUT2D eigenvalue weighted by Gasteiger charge is -2.30. The molecule has 17 heavy (non-hydrogen) atoms. The van der Waals surface area contributed by atoms with Crippen LogP contribution in [0.1, 0.15) is 25.3 Å². The predicted molar refractivity (Wildman–Crippen MR) is 67.7 cm³/mol. The van der Waals surface area contributed by atoms with E-state index in [1.165, 1.54) is 6.07 Å². The summed E-state index contributed by atoms with van der Waals surface area (Å²) in [5.41, 5.74) is 0.430. The van der Waals surface area contributed by atoms with Gasteiger partial charge in [-0.25, -0.2) is 8.78 Å². The van der Waals surface area contributed by atoms with E-state index in [0.29, 0.717) is 12.1 Å². The third kappa shape index (κ3) is 3.05. The molecule has 0 aliphatic carbocycles. The van der Waals surface area contributed by atoms with E-state index in [1.54, 1.807) is 0 Å². The number of hydrogen-bond donors (Lipinski definition) is 0. The quantitative estimate of drug-likeness (QED) is 0.748. The van der Waals surface area contributed by atoms with Gasteiger partial charge in [-0.2, -0.15) is 0 Å². The number of halogens is 3. The van der Waals surface area contributed by atoms with Crippen LogP contribution in [0.5, 0.6) is 0 Å². The van der Waals surface area contributed by atoms with Gasteiger partial charge in [0.15, 0.2) is 0 Å². The number of benzene rings is 1. The van der Waals surface area contributed by atoms with Crippen molar-refractivity contribution in [3.05, 3.63) is 33.8 Å². The summed E-state index contributed by atoms with van der Waals surface area (Å²) in [4.78, 5) is 2.18. The number of rotatable bonds is 2. The molecule has 2 rings (SSSR count). The highest BCUT2D eigenvalue weighted by molar-refractivity contribution is 9.10. The largest absolute Gasteiger partial charge is 0.299 e. The molecule has 1 nitrogen and oxygen atoms in total. The van der Waals surface area contributed by atoms with E-state index in [4.69, 9.17) is 0 Å². The van der Waals surface area contributed by atoms with E-state index >= 15 is 0 Å². The van der Waals surface area contributed by atoms with Gasteiger partial charge in [-0.15, -0.1) is 0 Å². The van der Waals surface area contributed by atoms with E-state index in [-0.39, 0.29) is 10.3 Å². The number of nitrogens with zero attached hydrogens (tertiary/aromatic N) is 1. The monoisotopic (exact) mass is 303 g/mol. The minimum atomic E-state index is -0.397. The zero-order chi connectivity index (χ0) is 12.4. The molecule has 0 radical (unpaired) electrons. The highest BCUT2D eigenvalue weighted by atomic mass is 79.9. The van der Waals surface area contributed by atoms with E-state index in [1.807, 2.05) is 0 Å². The van der Waals surface area contributed by atoms with Crippen LogP contribution >= 0.6 is 15.9 Å². The summed E-state index contributed by atoms with van der Waals surface area (Å²) in [5.74, 6) is 0.00993. The lowest BCUT2D eigenvalue weighted by atomic mass is 9.99. The van der Waals surface area contributed by atoms with Crippen LogP contribution in [0.2, 0.25) is 0 Å². The van der Waals surface area contributed by atoms with Crippen molar-refractivity contribution in [3.63, 3.8) is 0 Å². The molecule has 4 heteroatoms. The third-order valence-corrected chi connectivity index (χ3v) is 4.25. The Balaban J connectivity index is 2.11. The Hall–Kier alpha value is -0.480. The maximum absolute atomic E-state index is 13.6. The number of likely N-dealkylation sites (tertiary alicyclic amines) is 1. The molecule has 0 unspecified atom stereocenters. The molecule has 1 saturated heterocycles. The standard InChI is InChI=1S/C13H16BrF2N/c1-9-4-6-17(7-5-9)8-10-11(15)2-3-12(16)13(10)14/h2-3,9H,4-8H2,1H3. The highest BCUT2D eigenvalue weighted by Gasteiger charge is 2.19. The summed E-state index contributed by atoms with van der Waals surface area (Å²) < 4.78 is 27.2. The molecule has 1 aromatic rings. The van der Waals surface area contributed by atoms with Crippen molar-refractivity contribution in [1.82, 2.24) is 4.90 Å². The fraction of sp³-hybridized carbons (Fsp3) is 0.538. The first kappa shape index (κ1) is 13.0. The molecule has 1 aliphatic heterocycles. The Labute approximate surface area is 109 Å². The van der Waals surface area contributed by atoms with Crippen LogP contribution in [0.4, 0.5) is 8.78 Å². The maximum atomic E-state index is 13.6. The van der Waals surface area contributed by atoms with Gasteiger partial charge >= 0.3 is 0 Å². The lowest BCUT2D eigenvalue weighted by molar-refractivity contribution is 0.183. The van der Waals surface area contributed by atoms with Gasteiger partial charge in [0.1, 0.15) is 11.6 Å². The molecular formula is C13H16BrF2N. The first-order valence-corrected chi connectivity index (χ1v) is 6.72. The molecule has 94 valence electrons. The maximum Gasteiger partial charge on any atom is 0.137 e. The Morgan fingerprint density at radius 1 is 1.24 bits per heavy atom. The van der Waals surface area contributed by atoms with Crippen LogP contribution in [-0.2, 0) is 6.54 Å². The summed E-state index contributed by atoms with van der Waals surface area (Å²) in [6.45, 7) is 4.64. The molecule has 0 aromatic heterocycles. The molecule has 0 amide bonds. The van der Waals surface area contributed by atoms with Crippen LogP contribution in [0.15, 0.2) is 16.6 Å². The van der Waals surface area contributed by atoms with Crippen LogP contribution < -0.4 is 0 Å². The van der Waals surface area contributed by atoms with Crippen LogP contribution in [0.25, 0.3) is 0 Å². The topological polar surface area (TPSA) is 3.24 Å². The first-order valence-electron chi connectivity index (χ1n) is 5.92. The zero-order valence-corrected chi connectivity index (χ0v) is 11.4. The molecule has 0 spiro atoms. The molecule has 1 heterocycles. The highest BCUT2D eigenvalue weighted by Crippen LogP contribution is 2.26. The van der Waals surface area contributed by atoms with Crippen molar-refractivity contribution >= 4 is 15.9 Å². The molecule has 1 aliphatic rings. The van der Waals surface area contributed by atoms with Gasteiger partial charge in [0.25, 0.3) is 0 Å². The van der Waals surface area contributed by atoms with Gasteiger partial charge in [-0.05, 0) is 59.9 Å². The summed E-state index contributed by atoms with van der Waals surface area (Å²) >= 11 is 3.13. The second-order valence-electron chi connectivity index (χ2n) is 4.78. The van der Waals surface area contributed by atoms with Gasteiger partial charge in [-0.3, -0.25) is 4.90 Å². The van der Waals surface area contributed by atoms with Crippen molar-refractivity contribution < 1.29 is 8.78 Å². The van der Waals surface area contributed by atoms with Crippen LogP contribution in [-0.4, -0.2) is 18.0 Å². The predicted octanol–water partition coefficient (Wildman–Crippen LogP) is 3.96. The third-order valence-electron chi connectivity index (χ3n) is 3.40. The molecule has 0 atom stereocenters. The normalized spacial score (nSPS) is 18.6. The lowest BCUT2D eigenvalue weighted by Crippen LogP contribution is -2.32. The van der Waals surface area contributed by atoms with E-state index < -0.39 is 5.82 Å². The average molecular weight is 304 g/mol.